The average molecular weight is 283 g/mol. The summed E-state index contributed by atoms with van der Waals surface area (Å²) in [5.74, 6) is 0. The lowest BCUT2D eigenvalue weighted by Crippen LogP contribution is -1.95. The highest BCUT2D eigenvalue weighted by Gasteiger charge is 2.08. The number of benzene rings is 3. The molecule has 0 unspecified atom stereocenters. The molecule has 3 aromatic carbocycles. The molecule has 0 N–H and O–H groups in total. The summed E-state index contributed by atoms with van der Waals surface area (Å²) >= 11 is 0. The number of aromatic nitrogens is 1. The fourth-order valence-electron chi connectivity index (χ4n) is 3.06. The first-order valence-electron chi connectivity index (χ1n) is 7.55. The average Bonchev–Trinajstić information content (AvgIpc) is 2.99. The van der Waals surface area contributed by atoms with E-state index in [-0.39, 0.29) is 0 Å². The molecule has 4 rings (SSSR count). The summed E-state index contributed by atoms with van der Waals surface area (Å²) in [5.41, 5.74) is 5.08. The van der Waals surface area contributed by atoms with Gasteiger partial charge in [0.25, 0.3) is 0 Å². The van der Waals surface area contributed by atoms with Crippen LogP contribution in [0.2, 0.25) is 0 Å². The second kappa shape index (κ2) is 5.19. The standard InChI is InChI=1S/C21H17N/c1-16-20(17-8-3-2-4-9-17)12-7-13-21(16)22-14-18-10-5-6-11-19(18)15-22/h2-15H,1H3. The monoisotopic (exact) mass is 283 g/mol. The summed E-state index contributed by atoms with van der Waals surface area (Å²) in [6.07, 6.45) is 4.40. The minimum atomic E-state index is 1.23. The van der Waals surface area contributed by atoms with Gasteiger partial charge in [-0.15, -0.1) is 0 Å². The van der Waals surface area contributed by atoms with Gasteiger partial charge in [0, 0.05) is 18.1 Å². The molecular weight excluding hydrogens is 266 g/mol. The highest BCUT2D eigenvalue weighted by atomic mass is 14.9. The highest BCUT2D eigenvalue weighted by molar-refractivity contribution is 5.83. The molecule has 0 fully saturated rings. The summed E-state index contributed by atoms with van der Waals surface area (Å²) in [6, 6.07) is 25.5. The van der Waals surface area contributed by atoms with Crippen LogP contribution in [0.5, 0.6) is 0 Å². The number of hydrogen-bond acceptors (Lipinski definition) is 0. The molecule has 0 radical (unpaired) electrons. The van der Waals surface area contributed by atoms with E-state index in [0.717, 1.165) is 0 Å². The lowest BCUT2D eigenvalue weighted by molar-refractivity contribution is 1.07. The van der Waals surface area contributed by atoms with Crippen molar-refractivity contribution >= 4 is 10.8 Å². The normalized spacial score (nSPS) is 11.0. The van der Waals surface area contributed by atoms with Crippen LogP contribution in [0.15, 0.2) is 85.2 Å². The van der Waals surface area contributed by atoms with Crippen LogP contribution >= 0.6 is 0 Å². The molecule has 106 valence electrons. The minimum absolute atomic E-state index is 1.23. The van der Waals surface area contributed by atoms with Gasteiger partial charge in [-0.25, -0.2) is 0 Å². The molecule has 0 aliphatic heterocycles. The van der Waals surface area contributed by atoms with Gasteiger partial charge in [0.1, 0.15) is 0 Å². The second-order valence-corrected chi connectivity index (χ2v) is 5.61. The Bertz CT molecular complexity index is 899. The SMILES string of the molecule is Cc1c(-c2ccccc2)cccc1-n1cc2ccccc2c1. The van der Waals surface area contributed by atoms with E-state index in [4.69, 9.17) is 0 Å². The lowest BCUT2D eigenvalue weighted by atomic mass is 9.99. The summed E-state index contributed by atoms with van der Waals surface area (Å²) in [7, 11) is 0. The van der Waals surface area contributed by atoms with Gasteiger partial charge in [-0.3, -0.25) is 0 Å². The van der Waals surface area contributed by atoms with Crippen LogP contribution in [-0.2, 0) is 0 Å². The third-order valence-corrected chi connectivity index (χ3v) is 4.22. The maximum atomic E-state index is 2.23. The quantitative estimate of drug-likeness (QED) is 0.451. The topological polar surface area (TPSA) is 4.93 Å². The van der Waals surface area contributed by atoms with Crippen molar-refractivity contribution in [1.82, 2.24) is 4.57 Å². The van der Waals surface area contributed by atoms with Gasteiger partial charge >= 0.3 is 0 Å². The van der Waals surface area contributed by atoms with Crippen LogP contribution in [0.4, 0.5) is 0 Å². The minimum Gasteiger partial charge on any atom is -0.322 e. The van der Waals surface area contributed by atoms with Crippen molar-refractivity contribution < 1.29 is 0 Å². The maximum absolute atomic E-state index is 2.23. The zero-order valence-corrected chi connectivity index (χ0v) is 12.5. The van der Waals surface area contributed by atoms with E-state index in [9.17, 15) is 0 Å². The van der Waals surface area contributed by atoms with Crippen LogP contribution in [0.25, 0.3) is 27.6 Å². The lowest BCUT2D eigenvalue weighted by Gasteiger charge is -2.12. The first kappa shape index (κ1) is 12.9. The number of nitrogens with zero attached hydrogens (tertiary/aromatic N) is 1. The van der Waals surface area contributed by atoms with Crippen LogP contribution in [0, 0.1) is 6.92 Å². The zero-order chi connectivity index (χ0) is 14.9. The Morgan fingerprint density at radius 2 is 1.27 bits per heavy atom. The van der Waals surface area contributed by atoms with E-state index in [0.29, 0.717) is 0 Å². The van der Waals surface area contributed by atoms with Gasteiger partial charge in [0.05, 0.1) is 0 Å². The van der Waals surface area contributed by atoms with E-state index in [1.807, 2.05) is 0 Å². The molecule has 1 aromatic heterocycles. The van der Waals surface area contributed by atoms with Gasteiger partial charge in [0.15, 0.2) is 0 Å². The van der Waals surface area contributed by atoms with Crippen LogP contribution < -0.4 is 0 Å². The number of fused-ring (bicyclic) bond motifs is 1. The molecule has 0 bridgehead atoms. The predicted molar refractivity (Wildman–Crippen MR) is 93.4 cm³/mol. The second-order valence-electron chi connectivity index (χ2n) is 5.61. The molecule has 0 spiro atoms. The molecule has 0 atom stereocenters. The van der Waals surface area contributed by atoms with Gasteiger partial charge in [-0.05, 0) is 40.5 Å². The van der Waals surface area contributed by atoms with Crippen molar-refractivity contribution in [3.63, 3.8) is 0 Å². The highest BCUT2D eigenvalue weighted by Crippen LogP contribution is 2.29. The zero-order valence-electron chi connectivity index (χ0n) is 12.5. The number of hydrogen-bond donors (Lipinski definition) is 0. The molecule has 1 heterocycles. The van der Waals surface area contributed by atoms with E-state index < -0.39 is 0 Å². The first-order valence-corrected chi connectivity index (χ1v) is 7.55. The van der Waals surface area contributed by atoms with Gasteiger partial charge < -0.3 is 4.57 Å². The fourth-order valence-corrected chi connectivity index (χ4v) is 3.06. The summed E-state index contributed by atoms with van der Waals surface area (Å²) in [6.45, 7) is 2.20. The van der Waals surface area contributed by atoms with Crippen LogP contribution in [0.3, 0.4) is 0 Å². The van der Waals surface area contributed by atoms with Gasteiger partial charge in [-0.2, -0.15) is 0 Å². The van der Waals surface area contributed by atoms with E-state index >= 15 is 0 Å². The Morgan fingerprint density at radius 1 is 0.636 bits per heavy atom. The Balaban J connectivity index is 1.89. The molecule has 22 heavy (non-hydrogen) atoms. The summed E-state index contributed by atoms with van der Waals surface area (Å²) in [5, 5.41) is 2.54. The molecule has 1 nitrogen and oxygen atoms in total. The van der Waals surface area contributed by atoms with Crippen molar-refractivity contribution in [3.05, 3.63) is 90.8 Å². The largest absolute Gasteiger partial charge is 0.322 e. The molecule has 0 saturated heterocycles. The predicted octanol–water partition coefficient (Wildman–Crippen LogP) is 5.61. The van der Waals surface area contributed by atoms with Gasteiger partial charge in [-0.1, -0.05) is 66.7 Å². The van der Waals surface area contributed by atoms with Crippen molar-refractivity contribution in [2.24, 2.45) is 0 Å². The molecule has 0 saturated carbocycles. The van der Waals surface area contributed by atoms with Crippen molar-refractivity contribution in [2.75, 3.05) is 0 Å². The van der Waals surface area contributed by atoms with E-state index in [2.05, 4.69) is 96.7 Å². The fraction of sp³-hybridized carbons (Fsp3) is 0.0476. The molecule has 0 aliphatic carbocycles. The summed E-state index contributed by atoms with van der Waals surface area (Å²) < 4.78 is 2.23. The third kappa shape index (κ3) is 2.11. The molecule has 0 amide bonds. The number of rotatable bonds is 2. The Hall–Kier alpha value is -2.80. The summed E-state index contributed by atoms with van der Waals surface area (Å²) in [4.78, 5) is 0. The van der Waals surface area contributed by atoms with E-state index in [1.54, 1.807) is 0 Å². The van der Waals surface area contributed by atoms with Crippen LogP contribution in [0.1, 0.15) is 5.56 Å². The van der Waals surface area contributed by atoms with E-state index in [1.165, 1.54) is 33.2 Å². The molecule has 1 heteroatoms. The van der Waals surface area contributed by atoms with Crippen molar-refractivity contribution in [1.29, 1.82) is 0 Å². The third-order valence-electron chi connectivity index (χ3n) is 4.22. The molecular formula is C21H17N. The van der Waals surface area contributed by atoms with Crippen LogP contribution in [-0.4, -0.2) is 4.57 Å². The first-order chi connectivity index (χ1) is 10.8. The maximum Gasteiger partial charge on any atom is 0.0485 e. The van der Waals surface area contributed by atoms with Crippen molar-refractivity contribution in [2.45, 2.75) is 6.92 Å². The molecule has 0 aliphatic rings. The van der Waals surface area contributed by atoms with Gasteiger partial charge in [0.2, 0.25) is 0 Å². The molecule has 4 aromatic rings. The Kier molecular flexibility index (Phi) is 3.05. The Labute approximate surface area is 130 Å². The van der Waals surface area contributed by atoms with Crippen molar-refractivity contribution in [3.8, 4) is 16.8 Å². The Morgan fingerprint density at radius 3 is 1.95 bits per heavy atom. The smallest absolute Gasteiger partial charge is 0.0485 e.